The van der Waals surface area contributed by atoms with Crippen molar-refractivity contribution in [3.63, 3.8) is 0 Å². The summed E-state index contributed by atoms with van der Waals surface area (Å²) >= 11 is 0. The Kier molecular flexibility index (Phi) is 5.49. The maximum Gasteiger partial charge on any atom is 0.251 e. The molecule has 2 saturated heterocycles. The average molecular weight is 364 g/mol. The van der Waals surface area contributed by atoms with Gasteiger partial charge in [-0.1, -0.05) is 18.2 Å². The molecule has 2 aromatic rings. The Bertz CT molecular complexity index is 681. The van der Waals surface area contributed by atoms with Gasteiger partial charge < -0.3 is 9.73 Å². The van der Waals surface area contributed by atoms with Crippen molar-refractivity contribution in [1.29, 1.82) is 0 Å². The Hall–Kier alpha value is -1.54. The highest BCUT2D eigenvalue weighted by atomic mass is 19.3. The third-order valence-corrected chi connectivity index (χ3v) is 5.50. The van der Waals surface area contributed by atoms with Crippen LogP contribution in [0.25, 0.3) is 11.0 Å². The molecule has 5 nitrogen and oxygen atoms in total. The number of alkyl halides is 2. The van der Waals surface area contributed by atoms with Crippen LogP contribution in [-0.4, -0.2) is 50.1 Å². The van der Waals surface area contributed by atoms with Crippen molar-refractivity contribution in [2.24, 2.45) is 5.92 Å². The third-order valence-electron chi connectivity index (χ3n) is 5.50. The lowest BCUT2D eigenvalue weighted by molar-refractivity contribution is 0.0727. The predicted molar refractivity (Wildman–Crippen MR) is 97.1 cm³/mol. The van der Waals surface area contributed by atoms with E-state index in [2.05, 4.69) is 28.3 Å². The van der Waals surface area contributed by atoms with Crippen molar-refractivity contribution in [3.05, 3.63) is 36.1 Å². The van der Waals surface area contributed by atoms with Gasteiger partial charge in [-0.05, 0) is 38.1 Å². The molecule has 26 heavy (non-hydrogen) atoms. The van der Waals surface area contributed by atoms with Crippen LogP contribution >= 0.6 is 0 Å². The van der Waals surface area contributed by atoms with Crippen molar-refractivity contribution in [2.45, 2.75) is 31.4 Å². The van der Waals surface area contributed by atoms with Crippen LogP contribution < -0.4 is 16.2 Å². The zero-order chi connectivity index (χ0) is 17.9. The normalized spacial score (nSPS) is 25.5. The molecule has 142 valence electrons. The first-order chi connectivity index (χ1) is 12.7. The van der Waals surface area contributed by atoms with Crippen molar-refractivity contribution in [3.8, 4) is 0 Å². The fraction of sp³-hybridized carbons (Fsp3) is 0.579. The highest BCUT2D eigenvalue weighted by Crippen LogP contribution is 2.30. The molecule has 2 unspecified atom stereocenters. The first kappa shape index (κ1) is 17.9. The predicted octanol–water partition coefficient (Wildman–Crippen LogP) is 2.52. The molecule has 2 aliphatic heterocycles. The minimum atomic E-state index is -2.24. The van der Waals surface area contributed by atoms with Gasteiger partial charge in [0.1, 0.15) is 11.3 Å². The van der Waals surface area contributed by atoms with Gasteiger partial charge in [0, 0.05) is 30.4 Å². The standard InChI is InChI=1S/C19H26F2N4O/c20-18(21)12-25-7-5-15(6-8-25)22-10-14-11-23-24-19(14)17-9-13-3-1-2-4-16(13)26-17/h1-4,9,14-15,18-19,22-24H,5-8,10-12H2. The number of halogens is 2. The number of nitrogens with zero attached hydrogens (tertiary/aromatic N) is 1. The van der Waals surface area contributed by atoms with E-state index in [9.17, 15) is 8.78 Å². The summed E-state index contributed by atoms with van der Waals surface area (Å²) in [4.78, 5) is 1.86. The Morgan fingerprint density at radius 3 is 2.81 bits per heavy atom. The third kappa shape index (κ3) is 4.06. The van der Waals surface area contributed by atoms with Gasteiger partial charge in [-0.15, -0.1) is 0 Å². The molecular formula is C19H26F2N4O. The summed E-state index contributed by atoms with van der Waals surface area (Å²) in [6, 6.07) is 10.7. The second-order valence-corrected chi connectivity index (χ2v) is 7.32. The molecule has 0 radical (unpaired) electrons. The molecule has 1 aromatic heterocycles. The molecule has 2 atom stereocenters. The highest BCUT2D eigenvalue weighted by molar-refractivity contribution is 5.77. The summed E-state index contributed by atoms with van der Waals surface area (Å²) in [5.41, 5.74) is 7.48. The van der Waals surface area contributed by atoms with Gasteiger partial charge >= 0.3 is 0 Å². The molecule has 0 bridgehead atoms. The van der Waals surface area contributed by atoms with Gasteiger partial charge in [0.2, 0.25) is 0 Å². The van der Waals surface area contributed by atoms with Crippen molar-refractivity contribution < 1.29 is 13.2 Å². The molecule has 0 aliphatic carbocycles. The lowest BCUT2D eigenvalue weighted by atomic mass is 9.98. The quantitative estimate of drug-likeness (QED) is 0.735. The number of hydrogen-bond acceptors (Lipinski definition) is 5. The van der Waals surface area contributed by atoms with E-state index in [1.54, 1.807) is 0 Å². The molecule has 1 aromatic carbocycles. The summed E-state index contributed by atoms with van der Waals surface area (Å²) < 4.78 is 31.0. The van der Waals surface area contributed by atoms with Crippen LogP contribution in [0.15, 0.2) is 34.7 Å². The van der Waals surface area contributed by atoms with Crippen LogP contribution in [0, 0.1) is 5.92 Å². The van der Waals surface area contributed by atoms with E-state index in [0.29, 0.717) is 12.0 Å². The van der Waals surface area contributed by atoms with Gasteiger partial charge in [-0.2, -0.15) is 0 Å². The minimum Gasteiger partial charge on any atom is -0.459 e. The number of rotatable bonds is 6. The monoisotopic (exact) mass is 364 g/mol. The summed E-state index contributed by atoms with van der Waals surface area (Å²) in [5.74, 6) is 1.34. The minimum absolute atomic E-state index is 0.0999. The maximum absolute atomic E-state index is 12.5. The number of benzene rings is 1. The van der Waals surface area contributed by atoms with Crippen LogP contribution in [0.3, 0.4) is 0 Å². The second-order valence-electron chi connectivity index (χ2n) is 7.32. The van der Waals surface area contributed by atoms with Crippen LogP contribution in [0.2, 0.25) is 0 Å². The number of piperidine rings is 1. The topological polar surface area (TPSA) is 52.5 Å². The van der Waals surface area contributed by atoms with Crippen LogP contribution in [0.1, 0.15) is 24.6 Å². The number of likely N-dealkylation sites (tertiary alicyclic amines) is 1. The van der Waals surface area contributed by atoms with E-state index >= 15 is 0 Å². The summed E-state index contributed by atoms with van der Waals surface area (Å²) in [6.07, 6.45) is -0.384. The number of hydrogen-bond donors (Lipinski definition) is 3. The lowest BCUT2D eigenvalue weighted by Crippen LogP contribution is -2.45. The summed E-state index contributed by atoms with van der Waals surface area (Å²) in [7, 11) is 0. The van der Waals surface area contributed by atoms with Crippen LogP contribution in [0.5, 0.6) is 0 Å². The van der Waals surface area contributed by atoms with Crippen molar-refractivity contribution in [1.82, 2.24) is 21.1 Å². The molecule has 2 aliphatic rings. The van der Waals surface area contributed by atoms with Crippen LogP contribution in [0.4, 0.5) is 8.78 Å². The number of para-hydroxylation sites is 1. The zero-order valence-corrected chi connectivity index (χ0v) is 14.8. The zero-order valence-electron chi connectivity index (χ0n) is 14.8. The molecule has 0 amide bonds. The second kappa shape index (κ2) is 8.00. The fourth-order valence-corrected chi connectivity index (χ4v) is 4.02. The largest absolute Gasteiger partial charge is 0.459 e. The number of nitrogens with one attached hydrogen (secondary N) is 3. The van der Waals surface area contributed by atoms with E-state index in [1.807, 2.05) is 23.1 Å². The molecule has 7 heteroatoms. The van der Waals surface area contributed by atoms with Gasteiger partial charge in [0.15, 0.2) is 0 Å². The molecule has 4 rings (SSSR count). The summed E-state index contributed by atoms with van der Waals surface area (Å²) in [5, 5.41) is 4.75. The van der Waals surface area contributed by atoms with E-state index in [0.717, 1.165) is 55.8 Å². The molecule has 3 N–H and O–H groups in total. The molecule has 0 saturated carbocycles. The molecule has 2 fully saturated rings. The number of hydrazine groups is 1. The molecule has 0 spiro atoms. The van der Waals surface area contributed by atoms with Crippen molar-refractivity contribution in [2.75, 3.05) is 32.7 Å². The number of furan rings is 1. The highest BCUT2D eigenvalue weighted by Gasteiger charge is 2.31. The van der Waals surface area contributed by atoms with Crippen LogP contribution in [-0.2, 0) is 0 Å². The Labute approximate surface area is 152 Å². The smallest absolute Gasteiger partial charge is 0.251 e. The Morgan fingerprint density at radius 2 is 2.04 bits per heavy atom. The molecule has 3 heterocycles. The van der Waals surface area contributed by atoms with E-state index in [4.69, 9.17) is 4.42 Å². The van der Waals surface area contributed by atoms with Crippen molar-refractivity contribution >= 4 is 11.0 Å². The van der Waals surface area contributed by atoms with E-state index in [1.165, 1.54) is 0 Å². The maximum atomic E-state index is 12.5. The SMILES string of the molecule is FC(F)CN1CCC(NCC2CNNC2c2cc3ccccc3o2)CC1. The fourth-order valence-electron chi connectivity index (χ4n) is 4.02. The lowest BCUT2D eigenvalue weighted by Gasteiger charge is -2.33. The Morgan fingerprint density at radius 1 is 1.23 bits per heavy atom. The Balaban J connectivity index is 1.30. The van der Waals surface area contributed by atoms with E-state index in [-0.39, 0.29) is 12.6 Å². The number of fused-ring (bicyclic) bond motifs is 1. The van der Waals surface area contributed by atoms with Gasteiger partial charge in [0.05, 0.1) is 12.6 Å². The van der Waals surface area contributed by atoms with Gasteiger partial charge in [0.25, 0.3) is 6.43 Å². The molecular weight excluding hydrogens is 338 g/mol. The average Bonchev–Trinajstić information content (AvgIpc) is 3.27. The first-order valence-corrected chi connectivity index (χ1v) is 9.40. The van der Waals surface area contributed by atoms with Gasteiger partial charge in [-0.25, -0.2) is 14.2 Å². The van der Waals surface area contributed by atoms with E-state index < -0.39 is 6.43 Å². The first-order valence-electron chi connectivity index (χ1n) is 9.40. The summed E-state index contributed by atoms with van der Waals surface area (Å²) in [6.45, 7) is 3.14. The van der Waals surface area contributed by atoms with Gasteiger partial charge in [-0.3, -0.25) is 10.3 Å².